The second-order valence-corrected chi connectivity index (χ2v) is 5.69. The second kappa shape index (κ2) is 6.14. The Morgan fingerprint density at radius 2 is 1.54 bits per heavy atom. The van der Waals surface area contributed by atoms with Crippen LogP contribution in [-0.2, 0) is 6.54 Å². The van der Waals surface area contributed by atoms with Crippen LogP contribution in [0.25, 0.3) is 11.5 Å². The lowest BCUT2D eigenvalue weighted by molar-refractivity contribution is 0.0642. The van der Waals surface area contributed by atoms with E-state index in [-0.39, 0.29) is 24.2 Å². The molecule has 4 rings (SSSR count). The summed E-state index contributed by atoms with van der Waals surface area (Å²) in [5.74, 6) is -1.44. The van der Waals surface area contributed by atoms with Gasteiger partial charge in [-0.2, -0.15) is 8.78 Å². The molecule has 2 heterocycles. The van der Waals surface area contributed by atoms with Crippen LogP contribution in [0.15, 0.2) is 52.9 Å². The first-order valence-corrected chi connectivity index (χ1v) is 7.70. The van der Waals surface area contributed by atoms with E-state index in [1.54, 1.807) is 48.5 Å². The van der Waals surface area contributed by atoms with Crippen molar-refractivity contribution in [2.75, 3.05) is 0 Å². The van der Waals surface area contributed by atoms with Crippen molar-refractivity contribution in [3.05, 3.63) is 71.1 Å². The summed E-state index contributed by atoms with van der Waals surface area (Å²) in [4.78, 5) is 25.9. The molecule has 8 heteroatoms. The molecule has 0 spiro atoms. The van der Waals surface area contributed by atoms with Crippen LogP contribution in [0.3, 0.4) is 0 Å². The van der Waals surface area contributed by atoms with Gasteiger partial charge in [-0.15, -0.1) is 10.2 Å². The number of carbonyl (C=O) groups excluding carboxylic acids is 2. The van der Waals surface area contributed by atoms with Crippen LogP contribution in [-0.4, -0.2) is 26.9 Å². The maximum atomic E-state index is 12.5. The number of nitrogens with zero attached hydrogens (tertiary/aromatic N) is 3. The Bertz CT molecular complexity index is 964. The Balaban J connectivity index is 1.53. The van der Waals surface area contributed by atoms with Gasteiger partial charge in [0.25, 0.3) is 17.7 Å². The highest BCUT2D eigenvalue weighted by Crippen LogP contribution is 2.26. The minimum Gasteiger partial charge on any atom is -0.415 e. The van der Waals surface area contributed by atoms with Crippen LogP contribution in [0.5, 0.6) is 0 Å². The van der Waals surface area contributed by atoms with Crippen molar-refractivity contribution in [1.29, 1.82) is 0 Å². The van der Waals surface area contributed by atoms with E-state index < -0.39 is 12.3 Å². The highest BCUT2D eigenvalue weighted by Gasteiger charge is 2.34. The maximum absolute atomic E-state index is 12.5. The second-order valence-electron chi connectivity index (χ2n) is 5.69. The molecule has 1 aliphatic heterocycles. The minimum absolute atomic E-state index is 0.0208. The molecule has 0 atom stereocenters. The van der Waals surface area contributed by atoms with E-state index in [2.05, 4.69) is 10.2 Å². The first-order chi connectivity index (χ1) is 12.5. The molecule has 0 saturated heterocycles. The third-order valence-electron chi connectivity index (χ3n) is 4.05. The fourth-order valence-electron chi connectivity index (χ4n) is 2.76. The van der Waals surface area contributed by atoms with Gasteiger partial charge < -0.3 is 4.42 Å². The van der Waals surface area contributed by atoms with Crippen LogP contribution >= 0.6 is 0 Å². The molecule has 26 heavy (non-hydrogen) atoms. The third kappa shape index (κ3) is 2.65. The molecule has 0 aliphatic carbocycles. The number of alkyl halides is 2. The maximum Gasteiger partial charge on any atom is 0.314 e. The molecular formula is C18H11F2N3O3. The number of aromatic nitrogens is 2. The molecule has 0 bridgehead atoms. The molecule has 0 N–H and O–H groups in total. The summed E-state index contributed by atoms with van der Waals surface area (Å²) in [5, 5.41) is 6.85. The molecule has 1 aromatic heterocycles. The zero-order valence-electron chi connectivity index (χ0n) is 13.2. The number of rotatable bonds is 4. The lowest BCUT2D eigenvalue weighted by Crippen LogP contribution is -2.29. The number of halogens is 2. The quantitative estimate of drug-likeness (QED) is 0.670. The number of hydrogen-bond acceptors (Lipinski definition) is 5. The van der Waals surface area contributed by atoms with Gasteiger partial charge in [-0.05, 0) is 29.8 Å². The van der Waals surface area contributed by atoms with Crippen molar-refractivity contribution >= 4 is 11.8 Å². The van der Waals surface area contributed by atoms with E-state index in [1.165, 1.54) is 4.90 Å². The SMILES string of the molecule is O=C1c2ccccc2C(=O)N1Cc1ccc(-c2nnc(C(F)F)o2)cc1. The van der Waals surface area contributed by atoms with E-state index >= 15 is 0 Å². The predicted octanol–water partition coefficient (Wildman–Crippen LogP) is 3.47. The van der Waals surface area contributed by atoms with Crippen molar-refractivity contribution in [2.45, 2.75) is 13.0 Å². The monoisotopic (exact) mass is 355 g/mol. The van der Waals surface area contributed by atoms with Gasteiger partial charge in [-0.25, -0.2) is 0 Å². The Morgan fingerprint density at radius 1 is 0.923 bits per heavy atom. The van der Waals surface area contributed by atoms with E-state index in [1.807, 2.05) is 0 Å². The molecule has 0 saturated carbocycles. The summed E-state index contributed by atoms with van der Waals surface area (Å²) in [6, 6.07) is 13.2. The van der Waals surface area contributed by atoms with Crippen molar-refractivity contribution in [1.82, 2.24) is 15.1 Å². The highest BCUT2D eigenvalue weighted by molar-refractivity contribution is 6.21. The Labute approximate surface area is 146 Å². The summed E-state index contributed by atoms with van der Waals surface area (Å²) >= 11 is 0. The average molecular weight is 355 g/mol. The van der Waals surface area contributed by atoms with Crippen molar-refractivity contribution in [3.8, 4) is 11.5 Å². The van der Waals surface area contributed by atoms with Crippen LogP contribution in [0, 0.1) is 0 Å². The molecule has 1 aliphatic rings. The van der Waals surface area contributed by atoms with Gasteiger partial charge in [-0.1, -0.05) is 24.3 Å². The predicted molar refractivity (Wildman–Crippen MR) is 85.3 cm³/mol. The Kier molecular flexibility index (Phi) is 3.80. The summed E-state index contributed by atoms with van der Waals surface area (Å²) in [6.07, 6.45) is -2.83. The molecule has 0 unspecified atom stereocenters. The van der Waals surface area contributed by atoms with Crippen LogP contribution in [0.2, 0.25) is 0 Å². The molecular weight excluding hydrogens is 344 g/mol. The lowest BCUT2D eigenvalue weighted by atomic mass is 10.1. The number of benzene rings is 2. The van der Waals surface area contributed by atoms with E-state index in [0.29, 0.717) is 22.3 Å². The van der Waals surface area contributed by atoms with Gasteiger partial charge in [0.15, 0.2) is 0 Å². The summed E-state index contributed by atoms with van der Waals surface area (Å²) in [7, 11) is 0. The zero-order valence-corrected chi connectivity index (χ0v) is 13.2. The minimum atomic E-state index is -2.83. The van der Waals surface area contributed by atoms with Gasteiger partial charge in [0, 0.05) is 5.56 Å². The van der Waals surface area contributed by atoms with Crippen molar-refractivity contribution < 1.29 is 22.8 Å². The summed E-state index contributed by atoms with van der Waals surface area (Å²) < 4.78 is 29.9. The highest BCUT2D eigenvalue weighted by atomic mass is 19.3. The zero-order chi connectivity index (χ0) is 18.3. The van der Waals surface area contributed by atoms with Crippen molar-refractivity contribution in [2.24, 2.45) is 0 Å². The molecule has 2 aromatic carbocycles. The first-order valence-electron chi connectivity index (χ1n) is 7.70. The average Bonchev–Trinajstić information content (AvgIpc) is 3.23. The largest absolute Gasteiger partial charge is 0.415 e. The van der Waals surface area contributed by atoms with E-state index in [0.717, 1.165) is 0 Å². The topological polar surface area (TPSA) is 76.3 Å². The summed E-state index contributed by atoms with van der Waals surface area (Å²) in [6.45, 7) is 0.110. The smallest absolute Gasteiger partial charge is 0.314 e. The van der Waals surface area contributed by atoms with Gasteiger partial charge in [0.05, 0.1) is 17.7 Å². The fraction of sp³-hybridized carbons (Fsp3) is 0.111. The number of hydrogen-bond donors (Lipinski definition) is 0. The molecule has 2 amide bonds. The van der Waals surface area contributed by atoms with Gasteiger partial charge in [0.2, 0.25) is 5.89 Å². The van der Waals surface area contributed by atoms with Crippen LogP contribution in [0.4, 0.5) is 8.78 Å². The molecule has 3 aromatic rings. The van der Waals surface area contributed by atoms with Crippen molar-refractivity contribution in [3.63, 3.8) is 0 Å². The van der Waals surface area contributed by atoms with E-state index in [9.17, 15) is 18.4 Å². The number of imide groups is 1. The molecule has 130 valence electrons. The van der Waals surface area contributed by atoms with Crippen LogP contribution < -0.4 is 0 Å². The first kappa shape index (κ1) is 16.1. The van der Waals surface area contributed by atoms with Gasteiger partial charge in [0.1, 0.15) is 0 Å². The number of carbonyl (C=O) groups is 2. The normalized spacial score (nSPS) is 13.6. The number of amides is 2. The molecule has 0 fully saturated rings. The number of fused-ring (bicyclic) bond motifs is 1. The third-order valence-corrected chi connectivity index (χ3v) is 4.05. The fourth-order valence-corrected chi connectivity index (χ4v) is 2.76. The lowest BCUT2D eigenvalue weighted by Gasteiger charge is -2.13. The van der Waals surface area contributed by atoms with Gasteiger partial charge >= 0.3 is 6.43 Å². The van der Waals surface area contributed by atoms with Gasteiger partial charge in [-0.3, -0.25) is 14.5 Å². The van der Waals surface area contributed by atoms with E-state index in [4.69, 9.17) is 4.42 Å². The summed E-state index contributed by atoms with van der Waals surface area (Å²) in [5.41, 5.74) is 1.95. The standard InChI is InChI=1S/C18H11F2N3O3/c19-14(20)16-22-21-15(26-16)11-7-5-10(6-8-11)9-23-17(24)12-3-1-2-4-13(12)18(23)25/h1-8,14H,9H2. The molecule has 0 radical (unpaired) electrons. The Morgan fingerprint density at radius 3 is 2.08 bits per heavy atom. The molecule has 6 nitrogen and oxygen atoms in total. The van der Waals surface area contributed by atoms with Crippen LogP contribution in [0.1, 0.15) is 38.6 Å². The Hall–Kier alpha value is -3.42.